The Hall–Kier alpha value is -0.520. The molecule has 18 heavy (non-hydrogen) atoms. The number of hydrogen-bond acceptors (Lipinski definition) is 3. The van der Waals surface area contributed by atoms with Crippen molar-refractivity contribution in [2.24, 2.45) is 5.73 Å². The predicted molar refractivity (Wildman–Crippen MR) is 81.7 cm³/mol. The molecule has 1 unspecified atom stereocenters. The fourth-order valence-electron chi connectivity index (χ4n) is 1.56. The van der Waals surface area contributed by atoms with Crippen LogP contribution in [0.1, 0.15) is 24.9 Å². The Labute approximate surface area is 121 Å². The van der Waals surface area contributed by atoms with Gasteiger partial charge in [-0.3, -0.25) is 4.79 Å². The van der Waals surface area contributed by atoms with Gasteiger partial charge in [0, 0.05) is 4.47 Å². The minimum absolute atomic E-state index is 0.0321. The lowest BCUT2D eigenvalue weighted by molar-refractivity contribution is -0.123. The van der Waals surface area contributed by atoms with E-state index in [9.17, 15) is 4.79 Å². The van der Waals surface area contributed by atoms with Crippen LogP contribution in [0.2, 0.25) is 0 Å². The van der Waals surface area contributed by atoms with Crippen molar-refractivity contribution in [3.8, 4) is 0 Å². The zero-order chi connectivity index (χ0) is 13.5. The van der Waals surface area contributed by atoms with E-state index in [1.54, 1.807) is 11.8 Å². The van der Waals surface area contributed by atoms with E-state index in [1.807, 2.05) is 37.4 Å². The molecule has 0 heterocycles. The molecule has 0 aliphatic heterocycles. The first-order valence-corrected chi connectivity index (χ1v) is 8.03. The van der Waals surface area contributed by atoms with Crippen molar-refractivity contribution in [3.05, 3.63) is 34.3 Å². The molecule has 3 nitrogen and oxygen atoms in total. The molecule has 2 atom stereocenters. The van der Waals surface area contributed by atoms with Gasteiger partial charge in [-0.1, -0.05) is 28.1 Å². The molecule has 0 radical (unpaired) electrons. The lowest BCUT2D eigenvalue weighted by Crippen LogP contribution is -2.41. The molecule has 0 spiro atoms. The summed E-state index contributed by atoms with van der Waals surface area (Å²) in [7, 11) is 0. The molecule has 0 aliphatic carbocycles. The van der Waals surface area contributed by atoms with Crippen molar-refractivity contribution in [1.82, 2.24) is 5.32 Å². The highest BCUT2D eigenvalue weighted by molar-refractivity contribution is 9.10. The smallest absolute Gasteiger partial charge is 0.237 e. The highest BCUT2D eigenvalue weighted by atomic mass is 79.9. The van der Waals surface area contributed by atoms with E-state index in [-0.39, 0.29) is 11.9 Å². The van der Waals surface area contributed by atoms with Gasteiger partial charge in [0.2, 0.25) is 5.91 Å². The van der Waals surface area contributed by atoms with Crippen molar-refractivity contribution in [3.63, 3.8) is 0 Å². The fraction of sp³-hybridized carbons (Fsp3) is 0.462. The zero-order valence-corrected chi connectivity index (χ0v) is 13.1. The maximum Gasteiger partial charge on any atom is 0.237 e. The average molecular weight is 331 g/mol. The third-order valence-corrected chi connectivity index (χ3v) is 3.81. The van der Waals surface area contributed by atoms with Crippen molar-refractivity contribution in [2.75, 3.05) is 12.0 Å². The zero-order valence-electron chi connectivity index (χ0n) is 10.7. The number of amides is 1. The van der Waals surface area contributed by atoms with Gasteiger partial charge in [-0.2, -0.15) is 11.8 Å². The van der Waals surface area contributed by atoms with Crippen LogP contribution in [0.3, 0.4) is 0 Å². The first-order valence-electron chi connectivity index (χ1n) is 5.85. The largest absolute Gasteiger partial charge is 0.348 e. The van der Waals surface area contributed by atoms with Gasteiger partial charge in [-0.25, -0.2) is 0 Å². The Balaban J connectivity index is 2.54. The van der Waals surface area contributed by atoms with E-state index < -0.39 is 6.04 Å². The SMILES string of the molecule is CSCC[C@H](N)C(=O)NC(C)c1cccc(Br)c1. The molecule has 0 saturated carbocycles. The lowest BCUT2D eigenvalue weighted by Gasteiger charge is -2.18. The summed E-state index contributed by atoms with van der Waals surface area (Å²) in [6, 6.07) is 7.45. The van der Waals surface area contributed by atoms with Crippen molar-refractivity contribution in [2.45, 2.75) is 25.4 Å². The Morgan fingerprint density at radius 3 is 2.89 bits per heavy atom. The molecule has 0 bridgehead atoms. The van der Waals surface area contributed by atoms with Crippen molar-refractivity contribution < 1.29 is 4.79 Å². The van der Waals surface area contributed by atoms with Crippen LogP contribution < -0.4 is 11.1 Å². The second kappa shape index (κ2) is 7.81. The van der Waals surface area contributed by atoms with Crippen LogP contribution in [0.4, 0.5) is 0 Å². The quantitative estimate of drug-likeness (QED) is 0.843. The number of hydrogen-bond donors (Lipinski definition) is 2. The van der Waals surface area contributed by atoms with Crippen LogP contribution in [0.25, 0.3) is 0 Å². The molecule has 0 aliphatic rings. The first kappa shape index (κ1) is 15.5. The van der Waals surface area contributed by atoms with Crippen LogP contribution >= 0.6 is 27.7 Å². The van der Waals surface area contributed by atoms with Crippen LogP contribution in [-0.4, -0.2) is 24.0 Å². The van der Waals surface area contributed by atoms with Crippen LogP contribution in [0.5, 0.6) is 0 Å². The summed E-state index contributed by atoms with van der Waals surface area (Å²) in [6.45, 7) is 1.96. The third kappa shape index (κ3) is 5.00. The molecule has 1 rings (SSSR count). The standard InChI is InChI=1S/C13H19BrN2OS/c1-9(10-4-3-5-11(14)8-10)16-13(17)12(15)6-7-18-2/h3-5,8-9,12H,6-7,15H2,1-2H3,(H,16,17)/t9?,12-/m0/s1. The van der Waals surface area contributed by atoms with Gasteiger partial charge in [0.25, 0.3) is 0 Å². The number of halogens is 1. The summed E-state index contributed by atoms with van der Waals surface area (Å²) < 4.78 is 1.01. The Kier molecular flexibility index (Phi) is 6.75. The predicted octanol–water partition coefficient (Wildman–Crippen LogP) is 2.71. The molecule has 0 aromatic heterocycles. The highest BCUT2D eigenvalue weighted by Gasteiger charge is 2.16. The molecule has 1 aromatic rings. The lowest BCUT2D eigenvalue weighted by atomic mass is 10.1. The molecule has 1 aromatic carbocycles. The van der Waals surface area contributed by atoms with Crippen molar-refractivity contribution >= 4 is 33.6 Å². The van der Waals surface area contributed by atoms with Gasteiger partial charge < -0.3 is 11.1 Å². The van der Waals surface area contributed by atoms with E-state index in [2.05, 4.69) is 21.2 Å². The first-order chi connectivity index (χ1) is 8.54. The van der Waals surface area contributed by atoms with E-state index >= 15 is 0 Å². The molecule has 0 fully saturated rings. The Bertz CT molecular complexity index is 400. The minimum Gasteiger partial charge on any atom is -0.348 e. The van der Waals surface area contributed by atoms with Gasteiger partial charge in [-0.15, -0.1) is 0 Å². The number of nitrogens with two attached hydrogens (primary N) is 1. The highest BCUT2D eigenvalue weighted by Crippen LogP contribution is 2.17. The molecular formula is C13H19BrN2OS. The van der Waals surface area contributed by atoms with Gasteiger partial charge >= 0.3 is 0 Å². The molecular weight excluding hydrogens is 312 g/mol. The van der Waals surface area contributed by atoms with E-state index in [0.717, 1.165) is 15.8 Å². The van der Waals surface area contributed by atoms with Crippen molar-refractivity contribution in [1.29, 1.82) is 0 Å². The van der Waals surface area contributed by atoms with Crippen LogP contribution in [0, 0.1) is 0 Å². The average Bonchev–Trinajstić information content (AvgIpc) is 2.35. The summed E-state index contributed by atoms with van der Waals surface area (Å²) in [5.74, 6) is 0.816. The van der Waals surface area contributed by atoms with Crippen LogP contribution in [-0.2, 0) is 4.79 Å². The summed E-state index contributed by atoms with van der Waals surface area (Å²) >= 11 is 5.12. The maximum absolute atomic E-state index is 11.9. The minimum atomic E-state index is -0.424. The van der Waals surface area contributed by atoms with Gasteiger partial charge in [0.15, 0.2) is 0 Å². The van der Waals surface area contributed by atoms with Gasteiger partial charge in [0.05, 0.1) is 12.1 Å². The molecule has 100 valence electrons. The molecule has 3 N–H and O–H groups in total. The number of carbonyl (C=O) groups excluding carboxylic acids is 1. The summed E-state index contributed by atoms with van der Waals surface area (Å²) in [4.78, 5) is 11.9. The number of thioether (sulfide) groups is 1. The normalized spacial score (nSPS) is 14.0. The summed E-state index contributed by atoms with van der Waals surface area (Å²) in [5.41, 5.74) is 6.89. The summed E-state index contributed by atoms with van der Waals surface area (Å²) in [5, 5.41) is 2.94. The van der Waals surface area contributed by atoms with Crippen LogP contribution in [0.15, 0.2) is 28.7 Å². The molecule has 5 heteroatoms. The molecule has 1 amide bonds. The second-order valence-electron chi connectivity index (χ2n) is 4.17. The maximum atomic E-state index is 11.9. The van der Waals surface area contributed by atoms with E-state index in [0.29, 0.717) is 6.42 Å². The van der Waals surface area contributed by atoms with Gasteiger partial charge in [-0.05, 0) is 43.0 Å². The Morgan fingerprint density at radius 1 is 1.56 bits per heavy atom. The monoisotopic (exact) mass is 330 g/mol. The van der Waals surface area contributed by atoms with E-state index in [4.69, 9.17) is 5.73 Å². The summed E-state index contributed by atoms with van der Waals surface area (Å²) in [6.07, 6.45) is 2.72. The fourth-order valence-corrected chi connectivity index (χ4v) is 2.46. The Morgan fingerprint density at radius 2 is 2.28 bits per heavy atom. The number of carbonyl (C=O) groups is 1. The topological polar surface area (TPSA) is 55.1 Å². The number of benzene rings is 1. The van der Waals surface area contributed by atoms with E-state index in [1.165, 1.54) is 0 Å². The van der Waals surface area contributed by atoms with Gasteiger partial charge in [0.1, 0.15) is 0 Å². The number of nitrogens with one attached hydrogen (secondary N) is 1. The third-order valence-electron chi connectivity index (χ3n) is 2.68. The second-order valence-corrected chi connectivity index (χ2v) is 6.07. The number of rotatable bonds is 6. The molecule has 0 saturated heterocycles.